The molecule has 2 fully saturated rings. The summed E-state index contributed by atoms with van der Waals surface area (Å²) in [6.45, 7) is 7.17. The van der Waals surface area contributed by atoms with E-state index in [2.05, 4.69) is 6.58 Å². The normalized spacial score (nSPS) is 31.1. The van der Waals surface area contributed by atoms with Crippen molar-refractivity contribution in [1.82, 2.24) is 4.90 Å². The SMILES string of the molecule is C=CCC(C(=O)O)N1C(=O)C2C(C1=O)C2(C)C. The molecule has 5 nitrogen and oxygen atoms in total. The van der Waals surface area contributed by atoms with Gasteiger partial charge in [-0.1, -0.05) is 19.9 Å². The quantitative estimate of drug-likeness (QED) is 0.575. The van der Waals surface area contributed by atoms with Crippen molar-refractivity contribution in [3.05, 3.63) is 12.7 Å². The Morgan fingerprint density at radius 3 is 2.29 bits per heavy atom. The molecule has 3 unspecified atom stereocenters. The molecule has 0 aromatic carbocycles. The monoisotopic (exact) mass is 237 g/mol. The molecule has 3 atom stereocenters. The van der Waals surface area contributed by atoms with Crippen molar-refractivity contribution >= 4 is 17.8 Å². The number of aliphatic carboxylic acids is 1. The predicted octanol–water partition coefficient (Wildman–Crippen LogP) is 0.657. The van der Waals surface area contributed by atoms with Gasteiger partial charge in [0, 0.05) is 0 Å². The Bertz CT molecular complexity index is 402. The molecule has 1 aliphatic heterocycles. The molecular formula is C12H15NO4. The Hall–Kier alpha value is -1.65. The van der Waals surface area contributed by atoms with Crippen LogP contribution in [0, 0.1) is 17.3 Å². The number of amides is 2. The second kappa shape index (κ2) is 3.42. The molecule has 2 rings (SSSR count). The first kappa shape index (κ1) is 11.8. The third-order valence-corrected chi connectivity index (χ3v) is 3.82. The predicted molar refractivity (Wildman–Crippen MR) is 58.9 cm³/mol. The largest absolute Gasteiger partial charge is 0.480 e. The summed E-state index contributed by atoms with van der Waals surface area (Å²) >= 11 is 0. The van der Waals surface area contributed by atoms with Gasteiger partial charge in [-0.3, -0.25) is 14.5 Å². The van der Waals surface area contributed by atoms with Crippen molar-refractivity contribution in [3.8, 4) is 0 Å². The van der Waals surface area contributed by atoms with E-state index in [0.29, 0.717) is 0 Å². The number of rotatable bonds is 4. The number of nitrogens with zero attached hydrogens (tertiary/aromatic N) is 1. The number of fused-ring (bicyclic) bond motifs is 1. The number of hydrogen-bond donors (Lipinski definition) is 1. The van der Waals surface area contributed by atoms with Crippen LogP contribution in [0.2, 0.25) is 0 Å². The molecule has 5 heteroatoms. The minimum absolute atomic E-state index is 0.0900. The van der Waals surface area contributed by atoms with Crippen LogP contribution in [0.5, 0.6) is 0 Å². The lowest BCUT2D eigenvalue weighted by molar-refractivity contribution is -0.156. The number of carboxylic acid groups (broad SMARTS) is 1. The molecule has 2 amide bonds. The number of piperidine rings is 1. The van der Waals surface area contributed by atoms with Gasteiger partial charge >= 0.3 is 5.97 Å². The summed E-state index contributed by atoms with van der Waals surface area (Å²) in [4.78, 5) is 36.0. The van der Waals surface area contributed by atoms with Gasteiger partial charge < -0.3 is 5.11 Å². The second-order valence-electron chi connectivity index (χ2n) is 5.20. The molecule has 1 saturated heterocycles. The minimum atomic E-state index is -1.16. The highest BCUT2D eigenvalue weighted by molar-refractivity contribution is 6.12. The van der Waals surface area contributed by atoms with Gasteiger partial charge in [-0.05, 0) is 11.8 Å². The summed E-state index contributed by atoms with van der Waals surface area (Å²) in [5.74, 6) is -2.52. The van der Waals surface area contributed by atoms with E-state index in [4.69, 9.17) is 5.11 Å². The molecule has 17 heavy (non-hydrogen) atoms. The fourth-order valence-corrected chi connectivity index (χ4v) is 2.75. The number of carbonyl (C=O) groups is 3. The van der Waals surface area contributed by atoms with Crippen LogP contribution in [0.3, 0.4) is 0 Å². The lowest BCUT2D eigenvalue weighted by atomic mass is 10.0. The summed E-state index contributed by atoms with van der Waals surface area (Å²) < 4.78 is 0. The first-order valence-corrected chi connectivity index (χ1v) is 5.54. The van der Waals surface area contributed by atoms with Gasteiger partial charge in [0.05, 0.1) is 11.8 Å². The zero-order valence-corrected chi connectivity index (χ0v) is 9.84. The molecule has 2 aliphatic rings. The Balaban J connectivity index is 2.25. The number of hydrogen-bond acceptors (Lipinski definition) is 3. The van der Waals surface area contributed by atoms with Crippen LogP contribution in [0.25, 0.3) is 0 Å². The summed E-state index contributed by atoms with van der Waals surface area (Å²) in [5.41, 5.74) is -0.304. The van der Waals surface area contributed by atoms with Gasteiger partial charge in [0.1, 0.15) is 6.04 Å². The average molecular weight is 237 g/mol. The molecule has 1 N–H and O–H groups in total. The Morgan fingerprint density at radius 1 is 1.47 bits per heavy atom. The van der Waals surface area contributed by atoms with Crippen molar-refractivity contribution < 1.29 is 19.5 Å². The third-order valence-electron chi connectivity index (χ3n) is 3.82. The number of imide groups is 1. The maximum Gasteiger partial charge on any atom is 0.327 e. The zero-order chi connectivity index (χ0) is 13.0. The van der Waals surface area contributed by atoms with Crippen LogP contribution in [0.15, 0.2) is 12.7 Å². The van der Waals surface area contributed by atoms with Crippen LogP contribution in [0.4, 0.5) is 0 Å². The zero-order valence-electron chi connectivity index (χ0n) is 9.84. The third kappa shape index (κ3) is 1.41. The summed E-state index contributed by atoms with van der Waals surface area (Å²) in [6.07, 6.45) is 1.50. The maximum atomic E-state index is 12.0. The average Bonchev–Trinajstić information content (AvgIpc) is 2.67. The smallest absolute Gasteiger partial charge is 0.327 e. The van der Waals surface area contributed by atoms with Gasteiger partial charge in [0.2, 0.25) is 11.8 Å². The molecule has 0 bridgehead atoms. The highest BCUT2D eigenvalue weighted by Crippen LogP contribution is 2.63. The number of carboxylic acids is 1. The van der Waals surface area contributed by atoms with Gasteiger partial charge in [-0.15, -0.1) is 6.58 Å². The van der Waals surface area contributed by atoms with Crippen molar-refractivity contribution in [2.75, 3.05) is 0 Å². The van der Waals surface area contributed by atoms with Gasteiger partial charge in [0.15, 0.2) is 0 Å². The molecule has 1 aliphatic carbocycles. The Morgan fingerprint density at radius 2 is 1.94 bits per heavy atom. The molecule has 92 valence electrons. The van der Waals surface area contributed by atoms with E-state index >= 15 is 0 Å². The van der Waals surface area contributed by atoms with Gasteiger partial charge in [-0.25, -0.2) is 4.79 Å². The van der Waals surface area contributed by atoms with Crippen LogP contribution in [-0.2, 0) is 14.4 Å². The van der Waals surface area contributed by atoms with Crippen LogP contribution < -0.4 is 0 Å². The number of likely N-dealkylation sites (tertiary alicyclic amines) is 1. The molecule has 0 aromatic heterocycles. The first-order chi connectivity index (χ1) is 7.84. The van der Waals surface area contributed by atoms with E-state index < -0.39 is 12.0 Å². The summed E-state index contributed by atoms with van der Waals surface area (Å²) in [6, 6.07) is -1.10. The summed E-state index contributed by atoms with van der Waals surface area (Å²) in [7, 11) is 0. The molecule has 0 aromatic rings. The van der Waals surface area contributed by atoms with E-state index in [9.17, 15) is 14.4 Å². The van der Waals surface area contributed by atoms with Crippen molar-refractivity contribution in [2.24, 2.45) is 17.3 Å². The van der Waals surface area contributed by atoms with Crippen LogP contribution in [0.1, 0.15) is 20.3 Å². The highest BCUT2D eigenvalue weighted by Gasteiger charge is 2.73. The second-order valence-corrected chi connectivity index (χ2v) is 5.20. The maximum absolute atomic E-state index is 12.0. The van der Waals surface area contributed by atoms with E-state index in [1.165, 1.54) is 6.08 Å². The molecule has 0 spiro atoms. The summed E-state index contributed by atoms with van der Waals surface area (Å²) in [5, 5.41) is 9.04. The van der Waals surface area contributed by atoms with Gasteiger partial charge in [-0.2, -0.15) is 0 Å². The standard InChI is InChI=1S/C12H15NO4/c1-4-5-6(11(16)17)13-9(14)7-8(10(13)15)12(7,2)3/h4,6-8H,1,5H2,2-3H3,(H,16,17). The van der Waals surface area contributed by atoms with E-state index in [-0.39, 0.29) is 35.5 Å². The molecular weight excluding hydrogens is 222 g/mol. The Labute approximate surface area is 99.1 Å². The van der Waals surface area contributed by atoms with Gasteiger partial charge in [0.25, 0.3) is 0 Å². The van der Waals surface area contributed by atoms with Crippen molar-refractivity contribution in [3.63, 3.8) is 0 Å². The van der Waals surface area contributed by atoms with E-state index in [1.54, 1.807) is 0 Å². The van der Waals surface area contributed by atoms with Crippen molar-refractivity contribution in [2.45, 2.75) is 26.3 Å². The highest BCUT2D eigenvalue weighted by atomic mass is 16.4. The lowest BCUT2D eigenvalue weighted by Gasteiger charge is -2.25. The molecule has 1 heterocycles. The molecule has 0 radical (unpaired) electrons. The Kier molecular flexibility index (Phi) is 2.38. The molecule has 1 saturated carbocycles. The van der Waals surface area contributed by atoms with E-state index in [0.717, 1.165) is 4.90 Å². The number of carbonyl (C=O) groups excluding carboxylic acids is 2. The topological polar surface area (TPSA) is 74.7 Å². The van der Waals surface area contributed by atoms with E-state index in [1.807, 2.05) is 13.8 Å². The van der Waals surface area contributed by atoms with Crippen LogP contribution >= 0.6 is 0 Å². The van der Waals surface area contributed by atoms with Crippen LogP contribution in [-0.4, -0.2) is 33.8 Å². The fourth-order valence-electron chi connectivity index (χ4n) is 2.75. The van der Waals surface area contributed by atoms with Crippen molar-refractivity contribution in [1.29, 1.82) is 0 Å². The lowest BCUT2D eigenvalue weighted by Crippen LogP contribution is -2.47. The minimum Gasteiger partial charge on any atom is -0.480 e. The fraction of sp³-hybridized carbons (Fsp3) is 0.583. The first-order valence-electron chi connectivity index (χ1n) is 5.54.